The highest BCUT2D eigenvalue weighted by atomic mass is 16.5. The standard InChI is InChI=1S/C18H15N5O4/c1-23-14-7-4-11(17(24)25)8-13(14)20-15(23)9-19-12-5-2-10(3-6-12)16-21-18(26)27-22-16/h2-8,19H,9H2,1H3,(H,24,25)(H,21,22,26). The van der Waals surface area contributed by atoms with Crippen LogP contribution in [-0.2, 0) is 13.6 Å². The van der Waals surface area contributed by atoms with Crippen LogP contribution in [0.5, 0.6) is 0 Å². The van der Waals surface area contributed by atoms with E-state index in [1.165, 1.54) is 0 Å². The average molecular weight is 365 g/mol. The van der Waals surface area contributed by atoms with Crippen LogP contribution < -0.4 is 11.1 Å². The molecule has 136 valence electrons. The van der Waals surface area contributed by atoms with Crippen LogP contribution in [-0.4, -0.2) is 30.8 Å². The van der Waals surface area contributed by atoms with Crippen molar-refractivity contribution in [2.75, 3.05) is 5.32 Å². The third kappa shape index (κ3) is 3.17. The minimum Gasteiger partial charge on any atom is -0.478 e. The molecule has 0 aliphatic carbocycles. The molecule has 4 aromatic rings. The van der Waals surface area contributed by atoms with Gasteiger partial charge in [-0.2, -0.15) is 0 Å². The molecule has 2 aromatic heterocycles. The maximum absolute atomic E-state index is 11.1. The number of aromatic carboxylic acids is 1. The summed E-state index contributed by atoms with van der Waals surface area (Å²) in [5, 5.41) is 16.0. The molecule has 3 N–H and O–H groups in total. The zero-order chi connectivity index (χ0) is 19.0. The normalized spacial score (nSPS) is 11.0. The Morgan fingerprint density at radius 1 is 1.26 bits per heavy atom. The number of nitrogens with zero attached hydrogens (tertiary/aromatic N) is 3. The predicted molar refractivity (Wildman–Crippen MR) is 97.6 cm³/mol. The van der Waals surface area contributed by atoms with Gasteiger partial charge in [-0.25, -0.2) is 14.6 Å². The highest BCUT2D eigenvalue weighted by molar-refractivity contribution is 5.92. The van der Waals surface area contributed by atoms with Gasteiger partial charge in [-0.3, -0.25) is 9.51 Å². The molecule has 0 spiro atoms. The number of aromatic nitrogens is 4. The molecule has 2 aromatic carbocycles. The Morgan fingerprint density at radius 3 is 2.70 bits per heavy atom. The molecule has 0 atom stereocenters. The Labute approximate surface area is 152 Å². The zero-order valence-electron chi connectivity index (χ0n) is 14.3. The summed E-state index contributed by atoms with van der Waals surface area (Å²) >= 11 is 0. The first-order valence-corrected chi connectivity index (χ1v) is 8.10. The summed E-state index contributed by atoms with van der Waals surface area (Å²) in [6.45, 7) is 0.466. The number of rotatable bonds is 5. The Morgan fingerprint density at radius 2 is 2.04 bits per heavy atom. The monoisotopic (exact) mass is 365 g/mol. The second kappa shape index (κ2) is 6.45. The number of benzene rings is 2. The van der Waals surface area contributed by atoms with Crippen molar-refractivity contribution in [2.45, 2.75) is 6.54 Å². The predicted octanol–water partition coefficient (Wildman–Crippen LogP) is 2.23. The van der Waals surface area contributed by atoms with E-state index in [1.807, 2.05) is 35.9 Å². The second-order valence-corrected chi connectivity index (χ2v) is 5.97. The largest absolute Gasteiger partial charge is 0.478 e. The van der Waals surface area contributed by atoms with Gasteiger partial charge >= 0.3 is 11.7 Å². The third-order valence-corrected chi connectivity index (χ3v) is 4.27. The van der Waals surface area contributed by atoms with Crippen molar-refractivity contribution in [2.24, 2.45) is 7.05 Å². The number of anilines is 1. The fraction of sp³-hybridized carbons (Fsp3) is 0.111. The van der Waals surface area contributed by atoms with Crippen molar-refractivity contribution in [1.82, 2.24) is 19.7 Å². The van der Waals surface area contributed by atoms with E-state index in [0.29, 0.717) is 17.9 Å². The Bertz CT molecular complexity index is 1190. The summed E-state index contributed by atoms with van der Waals surface area (Å²) in [5.74, 6) is -0.426. The fourth-order valence-electron chi connectivity index (χ4n) is 2.82. The van der Waals surface area contributed by atoms with Gasteiger partial charge in [-0.05, 0) is 42.5 Å². The quantitative estimate of drug-likeness (QED) is 0.495. The number of carboxylic acids is 1. The van der Waals surface area contributed by atoms with Gasteiger partial charge in [0, 0.05) is 18.3 Å². The Hall–Kier alpha value is -3.88. The van der Waals surface area contributed by atoms with Crippen molar-refractivity contribution in [3.8, 4) is 11.4 Å². The molecule has 9 nitrogen and oxygen atoms in total. The summed E-state index contributed by atoms with van der Waals surface area (Å²) in [5.41, 5.74) is 3.31. The minimum absolute atomic E-state index is 0.210. The zero-order valence-corrected chi connectivity index (χ0v) is 14.3. The highest BCUT2D eigenvalue weighted by Crippen LogP contribution is 2.20. The van der Waals surface area contributed by atoms with Gasteiger partial charge in [-0.15, -0.1) is 0 Å². The second-order valence-electron chi connectivity index (χ2n) is 5.97. The summed E-state index contributed by atoms with van der Waals surface area (Å²) in [6, 6.07) is 12.2. The molecule has 0 bridgehead atoms. The number of carbonyl (C=O) groups is 1. The van der Waals surface area contributed by atoms with Gasteiger partial charge in [0.1, 0.15) is 5.82 Å². The summed E-state index contributed by atoms with van der Waals surface area (Å²) in [7, 11) is 1.89. The first-order chi connectivity index (χ1) is 13.0. The molecule has 0 unspecified atom stereocenters. The average Bonchev–Trinajstić information content (AvgIpc) is 3.23. The van der Waals surface area contributed by atoms with Crippen LogP contribution in [0.1, 0.15) is 16.2 Å². The topological polar surface area (TPSA) is 126 Å². The number of carboxylic acid groups (broad SMARTS) is 1. The number of imidazole rings is 1. The van der Waals surface area contributed by atoms with E-state index < -0.39 is 11.7 Å². The summed E-state index contributed by atoms with van der Waals surface area (Å²) < 4.78 is 6.41. The molecule has 4 rings (SSSR count). The van der Waals surface area contributed by atoms with E-state index in [2.05, 4.69) is 25.0 Å². The van der Waals surface area contributed by atoms with E-state index in [0.717, 1.165) is 22.6 Å². The molecule has 0 aliphatic heterocycles. The maximum atomic E-state index is 11.1. The molecule has 0 amide bonds. The van der Waals surface area contributed by atoms with Crippen molar-refractivity contribution in [3.63, 3.8) is 0 Å². The van der Waals surface area contributed by atoms with Gasteiger partial charge in [-0.1, -0.05) is 5.16 Å². The number of aryl methyl sites for hydroxylation is 1. The lowest BCUT2D eigenvalue weighted by Crippen LogP contribution is -2.05. The molecule has 27 heavy (non-hydrogen) atoms. The van der Waals surface area contributed by atoms with Gasteiger partial charge in [0.15, 0.2) is 5.82 Å². The molecule has 0 aliphatic rings. The number of nitrogens with one attached hydrogen (secondary N) is 2. The third-order valence-electron chi connectivity index (χ3n) is 4.27. The van der Waals surface area contributed by atoms with Crippen LogP contribution in [0, 0.1) is 0 Å². The van der Waals surface area contributed by atoms with Gasteiger partial charge in [0.25, 0.3) is 0 Å². The van der Waals surface area contributed by atoms with Crippen molar-refractivity contribution < 1.29 is 14.4 Å². The van der Waals surface area contributed by atoms with Gasteiger partial charge in [0.05, 0.1) is 23.1 Å². The molecule has 0 fully saturated rings. The molecule has 2 heterocycles. The van der Waals surface area contributed by atoms with Crippen molar-refractivity contribution in [3.05, 3.63) is 64.4 Å². The van der Waals surface area contributed by atoms with Crippen molar-refractivity contribution in [1.29, 1.82) is 0 Å². The first kappa shape index (κ1) is 16.6. The van der Waals surface area contributed by atoms with Crippen LogP contribution in [0.15, 0.2) is 51.8 Å². The van der Waals surface area contributed by atoms with E-state index in [4.69, 9.17) is 5.11 Å². The van der Waals surface area contributed by atoms with Crippen molar-refractivity contribution >= 4 is 22.7 Å². The fourth-order valence-corrected chi connectivity index (χ4v) is 2.82. The van der Waals surface area contributed by atoms with Crippen LogP contribution in [0.2, 0.25) is 0 Å². The van der Waals surface area contributed by atoms with Crippen LogP contribution in [0.3, 0.4) is 0 Å². The molecular formula is C18H15N5O4. The molecule has 0 radical (unpaired) electrons. The minimum atomic E-state index is -0.976. The van der Waals surface area contributed by atoms with Crippen LogP contribution >= 0.6 is 0 Å². The highest BCUT2D eigenvalue weighted by Gasteiger charge is 2.11. The Balaban J connectivity index is 1.52. The van der Waals surface area contributed by atoms with E-state index in [1.54, 1.807) is 18.2 Å². The summed E-state index contributed by atoms with van der Waals surface area (Å²) in [6.07, 6.45) is 0. The molecule has 0 saturated carbocycles. The van der Waals surface area contributed by atoms with Gasteiger partial charge < -0.3 is 15.0 Å². The number of hydrogen-bond acceptors (Lipinski definition) is 6. The van der Waals surface area contributed by atoms with Gasteiger partial charge in [0.2, 0.25) is 0 Å². The lowest BCUT2D eigenvalue weighted by molar-refractivity contribution is 0.0697. The Kier molecular flexibility index (Phi) is 3.96. The number of hydrogen-bond donors (Lipinski definition) is 3. The van der Waals surface area contributed by atoms with Crippen LogP contribution in [0.4, 0.5) is 5.69 Å². The number of H-pyrrole nitrogens is 1. The molecular weight excluding hydrogens is 350 g/mol. The van der Waals surface area contributed by atoms with Crippen LogP contribution in [0.25, 0.3) is 22.4 Å². The number of aromatic amines is 1. The molecule has 9 heteroatoms. The van der Waals surface area contributed by atoms with E-state index >= 15 is 0 Å². The smallest absolute Gasteiger partial charge is 0.439 e. The summed E-state index contributed by atoms with van der Waals surface area (Å²) in [4.78, 5) is 29.1. The van der Waals surface area contributed by atoms with E-state index in [9.17, 15) is 9.59 Å². The van der Waals surface area contributed by atoms with E-state index in [-0.39, 0.29) is 5.56 Å². The lowest BCUT2D eigenvalue weighted by atomic mass is 10.2. The maximum Gasteiger partial charge on any atom is 0.439 e. The number of fused-ring (bicyclic) bond motifs is 1. The lowest BCUT2D eigenvalue weighted by Gasteiger charge is -2.07. The molecule has 0 saturated heterocycles. The SMILES string of the molecule is Cn1c(CNc2ccc(-c3noc(=O)[nH]3)cc2)nc2cc(C(=O)O)ccc21. The first-order valence-electron chi connectivity index (χ1n) is 8.10.